The fraction of sp³-hybridized carbons (Fsp3) is 0.314. The second-order valence-electron chi connectivity index (χ2n) is 11.1. The van der Waals surface area contributed by atoms with Crippen molar-refractivity contribution in [2.45, 2.75) is 30.1 Å². The number of rotatable bonds is 12. The summed E-state index contributed by atoms with van der Waals surface area (Å²) in [5.41, 5.74) is 2.18. The lowest BCUT2D eigenvalue weighted by atomic mass is 9.80. The molecule has 0 amide bonds. The van der Waals surface area contributed by atoms with Crippen molar-refractivity contribution in [2.24, 2.45) is 4.99 Å². The molecule has 3 aromatic carbocycles. The summed E-state index contributed by atoms with van der Waals surface area (Å²) in [4.78, 5) is 11.1. The van der Waals surface area contributed by atoms with Crippen LogP contribution in [0.4, 0.5) is 0 Å². The molecule has 11 heteroatoms. The maximum Gasteiger partial charge on any atom is 0.166 e. The van der Waals surface area contributed by atoms with Crippen LogP contribution in [0.25, 0.3) is 5.03 Å². The quantitative estimate of drug-likeness (QED) is 0.138. The number of nitrogens with zero attached hydrogens (tertiary/aromatic N) is 4. The Morgan fingerprint density at radius 1 is 0.978 bits per heavy atom. The molecular weight excluding hydrogens is 604 g/mol. The van der Waals surface area contributed by atoms with Gasteiger partial charge in [-0.1, -0.05) is 60.7 Å². The van der Waals surface area contributed by atoms with Gasteiger partial charge in [0, 0.05) is 7.05 Å². The zero-order chi connectivity index (χ0) is 32.3. The van der Waals surface area contributed by atoms with E-state index in [2.05, 4.69) is 24.2 Å². The van der Waals surface area contributed by atoms with Gasteiger partial charge in [0.2, 0.25) is 0 Å². The van der Waals surface area contributed by atoms with Crippen molar-refractivity contribution in [3.63, 3.8) is 0 Å². The Kier molecular flexibility index (Phi) is 9.48. The molecule has 1 saturated heterocycles. The molecule has 1 fully saturated rings. The molecule has 2 aliphatic rings. The van der Waals surface area contributed by atoms with Gasteiger partial charge < -0.3 is 33.7 Å². The highest BCUT2D eigenvalue weighted by Crippen LogP contribution is 2.43. The van der Waals surface area contributed by atoms with Crippen molar-refractivity contribution in [3.05, 3.63) is 125 Å². The SMILES string of the molecule is C=CCO[C@@H]1[C@H](O)[C@@H](COC(c2ccccc2)(c2ccc(OC)cc2)c2ccc(OC)cc2)O[C@H]1n1cnc2c1=NCN(C)C=2S. The Labute approximate surface area is 273 Å². The second-order valence-corrected chi connectivity index (χ2v) is 11.5. The predicted molar refractivity (Wildman–Crippen MR) is 176 cm³/mol. The number of thiol groups is 1. The third kappa shape index (κ3) is 5.80. The van der Waals surface area contributed by atoms with E-state index in [-0.39, 0.29) is 13.2 Å². The summed E-state index contributed by atoms with van der Waals surface area (Å²) >= 11 is 4.64. The average Bonchev–Trinajstić information content (AvgIpc) is 3.67. The zero-order valence-electron chi connectivity index (χ0n) is 26.0. The van der Waals surface area contributed by atoms with Crippen molar-refractivity contribution in [3.8, 4) is 11.5 Å². The lowest BCUT2D eigenvalue weighted by Crippen LogP contribution is -2.43. The molecular formula is C35H38N4O6S. The van der Waals surface area contributed by atoms with Gasteiger partial charge in [0.05, 0.1) is 38.8 Å². The van der Waals surface area contributed by atoms with E-state index in [1.54, 1.807) is 31.2 Å². The topological polar surface area (TPSA) is 99.8 Å². The number of methoxy groups -OCH3 is 2. The molecule has 240 valence electrons. The molecule has 2 aliphatic heterocycles. The summed E-state index contributed by atoms with van der Waals surface area (Å²) in [5.74, 6) is 1.45. The van der Waals surface area contributed by atoms with Crippen molar-refractivity contribution in [1.82, 2.24) is 14.5 Å². The Hall–Kier alpha value is -4.13. The highest BCUT2D eigenvalue weighted by molar-refractivity contribution is 7.89. The van der Waals surface area contributed by atoms with Gasteiger partial charge in [-0.05, 0) is 41.0 Å². The highest BCUT2D eigenvalue weighted by atomic mass is 32.1. The van der Waals surface area contributed by atoms with Crippen LogP contribution in [0.2, 0.25) is 0 Å². The number of aliphatic hydroxyl groups is 1. The minimum Gasteiger partial charge on any atom is -0.497 e. The molecule has 0 saturated carbocycles. The Balaban J connectivity index is 1.41. The molecule has 4 aromatic rings. The van der Waals surface area contributed by atoms with Crippen LogP contribution in [0.15, 0.2) is 103 Å². The van der Waals surface area contributed by atoms with Crippen LogP contribution in [-0.2, 0) is 19.8 Å². The first-order valence-corrected chi connectivity index (χ1v) is 15.4. The van der Waals surface area contributed by atoms with Crippen molar-refractivity contribution < 1.29 is 28.8 Å². The Bertz CT molecular complexity index is 1720. The van der Waals surface area contributed by atoms with E-state index in [0.717, 1.165) is 28.2 Å². The first-order valence-electron chi connectivity index (χ1n) is 15.0. The molecule has 0 aliphatic carbocycles. The minimum absolute atomic E-state index is 0.0271. The molecule has 10 nitrogen and oxygen atoms in total. The lowest BCUT2D eigenvalue weighted by Gasteiger charge is -2.37. The molecule has 0 spiro atoms. The maximum atomic E-state index is 11.7. The number of aromatic nitrogens is 2. The number of hydrogen-bond donors (Lipinski definition) is 2. The first kappa shape index (κ1) is 31.8. The van der Waals surface area contributed by atoms with Gasteiger partial charge in [-0.15, -0.1) is 19.2 Å². The largest absolute Gasteiger partial charge is 0.497 e. The van der Waals surface area contributed by atoms with E-state index >= 15 is 0 Å². The molecule has 0 unspecified atom stereocenters. The van der Waals surface area contributed by atoms with E-state index in [1.807, 2.05) is 90.8 Å². The molecule has 0 bridgehead atoms. The van der Waals surface area contributed by atoms with Gasteiger partial charge in [0.15, 0.2) is 11.7 Å². The van der Waals surface area contributed by atoms with Crippen molar-refractivity contribution in [2.75, 3.05) is 41.1 Å². The Morgan fingerprint density at radius 2 is 1.59 bits per heavy atom. The molecule has 1 aromatic heterocycles. The van der Waals surface area contributed by atoms with E-state index in [1.165, 1.54) is 0 Å². The van der Waals surface area contributed by atoms with Crippen molar-refractivity contribution >= 4 is 17.7 Å². The Morgan fingerprint density at radius 3 is 2.17 bits per heavy atom. The average molecular weight is 643 g/mol. The molecule has 0 radical (unpaired) electrons. The van der Waals surface area contributed by atoms with E-state index in [0.29, 0.717) is 22.5 Å². The number of hydrogen-bond acceptors (Lipinski definition) is 10. The summed E-state index contributed by atoms with van der Waals surface area (Å²) in [7, 11) is 5.17. The number of fused-ring (bicyclic) bond motifs is 1. The first-order chi connectivity index (χ1) is 22.4. The number of aliphatic hydroxyl groups excluding tert-OH is 1. The van der Waals surface area contributed by atoms with Crippen molar-refractivity contribution in [1.29, 1.82) is 0 Å². The second kappa shape index (κ2) is 13.7. The van der Waals surface area contributed by atoms with Crippen LogP contribution in [0, 0.1) is 0 Å². The zero-order valence-corrected chi connectivity index (χ0v) is 26.9. The molecule has 46 heavy (non-hydrogen) atoms. The number of imidazole rings is 1. The summed E-state index contributed by atoms with van der Waals surface area (Å²) in [5, 5.41) is 13.0. The number of ether oxygens (including phenoxy) is 5. The van der Waals surface area contributed by atoms with E-state index in [4.69, 9.17) is 28.7 Å². The van der Waals surface area contributed by atoms with Crippen LogP contribution in [0.3, 0.4) is 0 Å². The van der Waals surface area contributed by atoms with E-state index < -0.39 is 30.1 Å². The molecule has 6 rings (SSSR count). The third-order valence-electron chi connectivity index (χ3n) is 8.40. The smallest absolute Gasteiger partial charge is 0.166 e. The summed E-state index contributed by atoms with van der Waals surface area (Å²) in [6.07, 6.45) is 0.0377. The lowest BCUT2D eigenvalue weighted by molar-refractivity contribution is -0.0972. The molecule has 1 N–H and O–H groups in total. The fourth-order valence-electron chi connectivity index (χ4n) is 6.00. The normalized spacial score (nSPS) is 21.1. The van der Waals surface area contributed by atoms with Crippen LogP contribution in [0.5, 0.6) is 11.5 Å². The van der Waals surface area contributed by atoms with Gasteiger partial charge in [-0.25, -0.2) is 9.98 Å². The van der Waals surface area contributed by atoms with Gasteiger partial charge >= 0.3 is 0 Å². The summed E-state index contributed by atoms with van der Waals surface area (Å²) < 4.78 is 32.4. The monoisotopic (exact) mass is 642 g/mol. The van der Waals surface area contributed by atoms with Gasteiger partial charge in [0.1, 0.15) is 47.4 Å². The van der Waals surface area contributed by atoms with Crippen LogP contribution in [-0.4, -0.2) is 79.0 Å². The van der Waals surface area contributed by atoms with Crippen LogP contribution in [0.1, 0.15) is 22.9 Å². The van der Waals surface area contributed by atoms with Crippen LogP contribution < -0.4 is 20.3 Å². The fourth-order valence-corrected chi connectivity index (χ4v) is 6.22. The minimum atomic E-state index is -1.08. The van der Waals surface area contributed by atoms with Gasteiger partial charge in [-0.2, -0.15) is 0 Å². The maximum absolute atomic E-state index is 11.7. The van der Waals surface area contributed by atoms with Crippen LogP contribution >= 0.6 is 12.6 Å². The van der Waals surface area contributed by atoms with Gasteiger partial charge in [-0.3, -0.25) is 4.57 Å². The molecule has 4 atom stereocenters. The standard InChI is InChI=1S/C35H38N4O6S/c1-5-19-43-31-30(40)28(45-33(31)39-22-36-29-32(39)37-21-38(2)34(29)46)20-44-35(23-9-7-6-8-10-23,24-11-15-26(41-3)16-12-24)25-13-17-27(42-4)18-14-25/h5-18,22,28,30-31,33,40,46H,1,19-21H2,2-4H3/t28-,30-,31-,33-/m1/s1. The number of benzene rings is 3. The summed E-state index contributed by atoms with van der Waals surface area (Å²) in [6, 6.07) is 25.6. The van der Waals surface area contributed by atoms with Gasteiger partial charge in [0.25, 0.3) is 0 Å². The van der Waals surface area contributed by atoms with E-state index in [9.17, 15) is 5.11 Å². The molecule has 3 heterocycles. The predicted octanol–water partition coefficient (Wildman–Crippen LogP) is 3.26. The third-order valence-corrected chi connectivity index (χ3v) is 8.96. The highest BCUT2D eigenvalue weighted by Gasteiger charge is 2.48. The summed E-state index contributed by atoms with van der Waals surface area (Å²) in [6.45, 7) is 4.46.